The smallest absolute Gasteiger partial charge is 0.407 e. The molecule has 8 nitrogen and oxygen atoms in total. The number of fused-ring (bicyclic) bond motifs is 3. The molecule has 4 heterocycles. The van der Waals surface area contributed by atoms with Gasteiger partial charge < -0.3 is 20.6 Å². The van der Waals surface area contributed by atoms with E-state index in [4.69, 9.17) is 5.73 Å². The van der Waals surface area contributed by atoms with Crippen molar-refractivity contribution in [1.29, 1.82) is 0 Å². The van der Waals surface area contributed by atoms with E-state index in [1.54, 1.807) is 18.0 Å². The van der Waals surface area contributed by atoms with Crippen LogP contribution in [0.25, 0.3) is 16.6 Å². The van der Waals surface area contributed by atoms with Crippen molar-refractivity contribution in [2.45, 2.75) is 23.4 Å². The molecule has 2 aliphatic heterocycles. The van der Waals surface area contributed by atoms with Gasteiger partial charge in [-0.3, -0.25) is 0 Å². The summed E-state index contributed by atoms with van der Waals surface area (Å²) < 4.78 is 1.85. The number of rotatable bonds is 3. The maximum absolute atomic E-state index is 11.3. The summed E-state index contributed by atoms with van der Waals surface area (Å²) in [6, 6.07) is 10.3. The molecule has 1 aromatic carbocycles. The number of pyridine rings is 1. The van der Waals surface area contributed by atoms with Crippen LogP contribution >= 0.6 is 11.8 Å². The van der Waals surface area contributed by atoms with Crippen LogP contribution in [0.2, 0.25) is 0 Å². The number of carbonyl (C=O) groups is 1. The highest BCUT2D eigenvalue weighted by atomic mass is 32.2. The molecule has 28 heavy (non-hydrogen) atoms. The lowest BCUT2D eigenvalue weighted by Crippen LogP contribution is -2.48. The number of thioether (sulfide) groups is 1. The van der Waals surface area contributed by atoms with Gasteiger partial charge in [-0.2, -0.15) is 0 Å². The largest absolute Gasteiger partial charge is 0.465 e. The predicted molar refractivity (Wildman–Crippen MR) is 109 cm³/mol. The number of aromatic nitrogens is 3. The van der Waals surface area contributed by atoms with Gasteiger partial charge in [0, 0.05) is 35.6 Å². The third-order valence-electron chi connectivity index (χ3n) is 5.67. The number of piperazine rings is 1. The highest BCUT2D eigenvalue weighted by molar-refractivity contribution is 7.98. The van der Waals surface area contributed by atoms with Gasteiger partial charge in [-0.15, -0.1) is 16.9 Å². The molecule has 144 valence electrons. The maximum atomic E-state index is 11.3. The summed E-state index contributed by atoms with van der Waals surface area (Å²) in [4.78, 5) is 20.7. The van der Waals surface area contributed by atoms with Gasteiger partial charge in [0.15, 0.2) is 5.82 Å². The molecule has 3 N–H and O–H groups in total. The molecule has 5 rings (SSSR count). The number of carboxylic acid groups (broad SMARTS) is 1. The van der Waals surface area contributed by atoms with Gasteiger partial charge in [0.1, 0.15) is 5.82 Å². The van der Waals surface area contributed by atoms with Crippen LogP contribution in [-0.4, -0.2) is 62.3 Å². The fourth-order valence-corrected chi connectivity index (χ4v) is 4.75. The van der Waals surface area contributed by atoms with Crippen LogP contribution in [0.1, 0.15) is 6.42 Å². The van der Waals surface area contributed by atoms with Crippen molar-refractivity contribution in [3.8, 4) is 5.69 Å². The number of nitrogens with two attached hydrogens (primary N) is 1. The van der Waals surface area contributed by atoms with E-state index in [0.717, 1.165) is 33.7 Å². The van der Waals surface area contributed by atoms with Crippen molar-refractivity contribution in [2.24, 2.45) is 0 Å². The predicted octanol–water partition coefficient (Wildman–Crippen LogP) is 2.67. The van der Waals surface area contributed by atoms with Crippen LogP contribution in [0.4, 0.5) is 16.4 Å². The van der Waals surface area contributed by atoms with E-state index in [9.17, 15) is 9.90 Å². The monoisotopic (exact) mass is 396 g/mol. The van der Waals surface area contributed by atoms with E-state index in [0.29, 0.717) is 18.9 Å². The number of hydrogen-bond donors (Lipinski definition) is 2. The lowest BCUT2D eigenvalue weighted by atomic mass is 10.2. The van der Waals surface area contributed by atoms with Crippen molar-refractivity contribution < 1.29 is 9.90 Å². The van der Waals surface area contributed by atoms with E-state index in [2.05, 4.69) is 21.0 Å². The zero-order chi connectivity index (χ0) is 19.4. The molecule has 0 unspecified atom stereocenters. The Kier molecular flexibility index (Phi) is 3.87. The van der Waals surface area contributed by atoms with Gasteiger partial charge in [0.2, 0.25) is 0 Å². The lowest BCUT2D eigenvalue weighted by Gasteiger charge is -2.33. The summed E-state index contributed by atoms with van der Waals surface area (Å²) in [6.45, 7) is 1.20. The zero-order valence-electron chi connectivity index (χ0n) is 15.3. The minimum Gasteiger partial charge on any atom is -0.465 e. The number of amides is 1. The van der Waals surface area contributed by atoms with Gasteiger partial charge in [-0.25, -0.2) is 14.5 Å². The molecule has 0 spiro atoms. The first-order chi connectivity index (χ1) is 13.5. The molecule has 2 fully saturated rings. The van der Waals surface area contributed by atoms with Crippen molar-refractivity contribution in [3.63, 3.8) is 0 Å². The molecule has 2 aromatic heterocycles. The number of benzene rings is 1. The van der Waals surface area contributed by atoms with Crippen LogP contribution < -0.4 is 10.6 Å². The van der Waals surface area contributed by atoms with E-state index < -0.39 is 6.09 Å². The molecule has 2 bridgehead atoms. The molecule has 9 heteroatoms. The van der Waals surface area contributed by atoms with E-state index >= 15 is 0 Å². The normalized spacial score (nSPS) is 21.0. The molecule has 2 saturated heterocycles. The number of anilines is 2. The molecule has 0 saturated carbocycles. The van der Waals surface area contributed by atoms with E-state index in [1.807, 2.05) is 35.2 Å². The molecular weight excluding hydrogens is 376 g/mol. The zero-order valence-corrected chi connectivity index (χ0v) is 16.1. The average molecular weight is 396 g/mol. The summed E-state index contributed by atoms with van der Waals surface area (Å²) in [7, 11) is 0. The SMILES string of the molecule is CSc1ccc2c(N)nn(-c3ccnc(N4C[C@@H]5C[C@H]4CN5C(=O)O)c3)c2c1. The second-order valence-electron chi connectivity index (χ2n) is 7.18. The molecule has 0 radical (unpaired) electrons. The van der Waals surface area contributed by atoms with E-state index in [-0.39, 0.29) is 12.1 Å². The van der Waals surface area contributed by atoms with Gasteiger partial charge in [0.25, 0.3) is 0 Å². The van der Waals surface area contributed by atoms with Crippen molar-refractivity contribution in [2.75, 3.05) is 30.0 Å². The fraction of sp³-hybridized carbons (Fsp3) is 0.316. The van der Waals surface area contributed by atoms with Crippen molar-refractivity contribution in [3.05, 3.63) is 36.5 Å². The van der Waals surface area contributed by atoms with Crippen LogP contribution in [0, 0.1) is 0 Å². The Morgan fingerprint density at radius 3 is 2.82 bits per heavy atom. The molecule has 3 aromatic rings. The van der Waals surface area contributed by atoms with Crippen molar-refractivity contribution in [1.82, 2.24) is 19.7 Å². The first-order valence-corrected chi connectivity index (χ1v) is 10.3. The van der Waals surface area contributed by atoms with Crippen LogP contribution in [0.15, 0.2) is 41.4 Å². The summed E-state index contributed by atoms with van der Waals surface area (Å²) in [5.41, 5.74) is 7.98. The lowest BCUT2D eigenvalue weighted by molar-refractivity contribution is 0.137. The van der Waals surface area contributed by atoms with Crippen LogP contribution in [-0.2, 0) is 0 Å². The van der Waals surface area contributed by atoms with Crippen molar-refractivity contribution >= 4 is 40.4 Å². The van der Waals surface area contributed by atoms with Gasteiger partial charge in [0.05, 0.1) is 23.3 Å². The average Bonchev–Trinajstić information content (AvgIpc) is 3.40. The van der Waals surface area contributed by atoms with Gasteiger partial charge >= 0.3 is 6.09 Å². The Bertz CT molecular complexity index is 1080. The Morgan fingerprint density at radius 1 is 1.25 bits per heavy atom. The minimum absolute atomic E-state index is 0.0401. The highest BCUT2D eigenvalue weighted by Crippen LogP contribution is 2.35. The molecule has 2 aliphatic rings. The second kappa shape index (κ2) is 6.30. The standard InChI is InChI=1S/C19H20N6O2S/c1-28-14-2-3-15-16(8-14)25(22-18(15)20)11-4-5-21-17(7-11)23-9-13-6-12(23)10-24(13)19(26)27/h2-5,7-8,12-13H,6,9-10H2,1H3,(H2,20,22)(H,26,27)/t12-,13-/m0/s1. The minimum atomic E-state index is -0.836. The summed E-state index contributed by atoms with van der Waals surface area (Å²) in [5.74, 6) is 1.34. The number of hydrogen-bond acceptors (Lipinski definition) is 6. The van der Waals surface area contributed by atoms with Crippen LogP contribution in [0.3, 0.4) is 0 Å². The highest BCUT2D eigenvalue weighted by Gasteiger charge is 2.45. The Labute approximate surface area is 165 Å². The Balaban J connectivity index is 1.51. The van der Waals surface area contributed by atoms with Gasteiger partial charge in [-0.1, -0.05) is 0 Å². The molecule has 2 atom stereocenters. The maximum Gasteiger partial charge on any atom is 0.407 e. The Hall–Kier alpha value is -2.94. The summed E-state index contributed by atoms with van der Waals surface area (Å²) in [6.07, 6.45) is 3.83. The van der Waals surface area contributed by atoms with Crippen LogP contribution in [0.5, 0.6) is 0 Å². The third kappa shape index (κ3) is 2.57. The molecule has 0 aliphatic carbocycles. The summed E-state index contributed by atoms with van der Waals surface area (Å²) >= 11 is 1.68. The number of nitrogen functional groups attached to an aromatic ring is 1. The third-order valence-corrected chi connectivity index (χ3v) is 6.40. The topological polar surface area (TPSA) is 101 Å². The first-order valence-electron chi connectivity index (χ1n) is 9.10. The quantitative estimate of drug-likeness (QED) is 0.657. The first kappa shape index (κ1) is 17.2. The molecule has 1 amide bonds. The fourth-order valence-electron chi connectivity index (χ4n) is 4.32. The number of nitrogens with zero attached hydrogens (tertiary/aromatic N) is 5. The Morgan fingerprint density at radius 2 is 2.11 bits per heavy atom. The van der Waals surface area contributed by atoms with E-state index in [1.165, 1.54) is 4.90 Å². The number of likely N-dealkylation sites (tertiary alicyclic amines) is 1. The summed E-state index contributed by atoms with van der Waals surface area (Å²) in [5, 5.41) is 14.8. The second-order valence-corrected chi connectivity index (χ2v) is 8.06. The van der Waals surface area contributed by atoms with Gasteiger partial charge in [-0.05, 0) is 36.9 Å². The molecular formula is C19H20N6O2S.